The summed E-state index contributed by atoms with van der Waals surface area (Å²) in [4.78, 5) is 23.9. The van der Waals surface area contributed by atoms with Crippen molar-refractivity contribution in [2.24, 2.45) is 0 Å². The largest absolute Gasteiger partial charge is 0.454 e. The van der Waals surface area contributed by atoms with Crippen LogP contribution in [0.25, 0.3) is 0 Å². The van der Waals surface area contributed by atoms with Crippen LogP contribution in [0, 0.1) is 6.92 Å². The Morgan fingerprint density at radius 1 is 1.26 bits per heavy atom. The van der Waals surface area contributed by atoms with Gasteiger partial charge in [-0.15, -0.1) is 0 Å². The summed E-state index contributed by atoms with van der Waals surface area (Å²) in [5.41, 5.74) is 1.06. The summed E-state index contributed by atoms with van der Waals surface area (Å²) in [6.45, 7) is 3.29. The van der Waals surface area contributed by atoms with Crippen LogP contribution >= 0.6 is 0 Å². The average molecular weight is 318 g/mol. The Balaban J connectivity index is 1.60. The van der Waals surface area contributed by atoms with Crippen LogP contribution in [0.15, 0.2) is 28.8 Å². The van der Waals surface area contributed by atoms with E-state index >= 15 is 0 Å². The van der Waals surface area contributed by atoms with Gasteiger partial charge in [-0.05, 0) is 26.0 Å². The molecular formula is C15H14N2O6. The van der Waals surface area contributed by atoms with E-state index in [2.05, 4.69) is 10.5 Å². The molecule has 2 aromatic rings. The molecule has 0 fully saturated rings. The number of aromatic nitrogens is 1. The second-order valence-corrected chi connectivity index (χ2v) is 4.94. The molecule has 1 amide bonds. The summed E-state index contributed by atoms with van der Waals surface area (Å²) in [6, 6.07) is 6.42. The highest BCUT2D eigenvalue weighted by atomic mass is 16.7. The molecule has 1 N–H and O–H groups in total. The molecule has 1 aliphatic rings. The maximum atomic E-state index is 12.1. The zero-order valence-corrected chi connectivity index (χ0v) is 12.5. The molecule has 0 saturated carbocycles. The van der Waals surface area contributed by atoms with Crippen molar-refractivity contribution in [2.45, 2.75) is 20.0 Å². The number of nitrogens with one attached hydrogen (secondary N) is 1. The minimum absolute atomic E-state index is 0.0507. The Hall–Kier alpha value is -3.03. The zero-order valence-electron chi connectivity index (χ0n) is 12.5. The summed E-state index contributed by atoms with van der Waals surface area (Å²) in [7, 11) is 0. The number of ether oxygens (including phenoxy) is 3. The van der Waals surface area contributed by atoms with E-state index in [-0.39, 0.29) is 12.6 Å². The first kappa shape index (κ1) is 14.9. The molecule has 8 heteroatoms. The van der Waals surface area contributed by atoms with Gasteiger partial charge in [-0.25, -0.2) is 4.79 Å². The topological polar surface area (TPSA) is 99.9 Å². The first-order valence-electron chi connectivity index (χ1n) is 6.88. The van der Waals surface area contributed by atoms with Crippen LogP contribution in [0.5, 0.6) is 11.5 Å². The van der Waals surface area contributed by atoms with Gasteiger partial charge in [0.15, 0.2) is 17.6 Å². The average Bonchev–Trinajstić information content (AvgIpc) is 3.15. The van der Waals surface area contributed by atoms with Gasteiger partial charge in [0.1, 0.15) is 0 Å². The van der Waals surface area contributed by atoms with E-state index < -0.39 is 18.0 Å². The van der Waals surface area contributed by atoms with E-state index in [0.29, 0.717) is 22.9 Å². The van der Waals surface area contributed by atoms with Gasteiger partial charge in [0.05, 0.1) is 5.69 Å². The normalized spacial score (nSPS) is 13.5. The molecular weight excluding hydrogens is 304 g/mol. The summed E-state index contributed by atoms with van der Waals surface area (Å²) in [5.74, 6) is -0.120. The van der Waals surface area contributed by atoms with Crippen LogP contribution < -0.4 is 14.8 Å². The van der Waals surface area contributed by atoms with E-state index in [9.17, 15) is 9.59 Å². The number of hydrogen-bond acceptors (Lipinski definition) is 7. The van der Waals surface area contributed by atoms with E-state index in [1.165, 1.54) is 13.0 Å². The first-order valence-corrected chi connectivity index (χ1v) is 6.88. The quantitative estimate of drug-likeness (QED) is 0.859. The number of esters is 1. The van der Waals surface area contributed by atoms with E-state index in [4.69, 9.17) is 18.7 Å². The van der Waals surface area contributed by atoms with Crippen LogP contribution in [-0.4, -0.2) is 29.9 Å². The Labute approximate surface area is 131 Å². The Morgan fingerprint density at radius 2 is 2.04 bits per heavy atom. The van der Waals surface area contributed by atoms with Gasteiger partial charge in [-0.3, -0.25) is 4.79 Å². The third-order valence-corrected chi connectivity index (χ3v) is 3.12. The number of benzene rings is 1. The smallest absolute Gasteiger partial charge is 0.377 e. The molecule has 0 unspecified atom stereocenters. The van der Waals surface area contributed by atoms with Gasteiger partial charge >= 0.3 is 5.97 Å². The van der Waals surface area contributed by atoms with Gasteiger partial charge < -0.3 is 24.1 Å². The fraction of sp³-hybridized carbons (Fsp3) is 0.267. The van der Waals surface area contributed by atoms with E-state index in [1.54, 1.807) is 25.1 Å². The van der Waals surface area contributed by atoms with Gasteiger partial charge in [0.25, 0.3) is 5.91 Å². The Morgan fingerprint density at radius 3 is 2.78 bits per heavy atom. The van der Waals surface area contributed by atoms with Crippen molar-refractivity contribution >= 4 is 17.6 Å². The van der Waals surface area contributed by atoms with E-state index in [1.807, 2.05) is 0 Å². The lowest BCUT2D eigenvalue weighted by atomic mass is 10.2. The lowest BCUT2D eigenvalue weighted by Crippen LogP contribution is -2.29. The van der Waals surface area contributed by atoms with Crippen molar-refractivity contribution in [1.29, 1.82) is 0 Å². The highest BCUT2D eigenvalue weighted by molar-refractivity contribution is 5.96. The molecule has 1 atom stereocenters. The van der Waals surface area contributed by atoms with Gasteiger partial charge in [-0.1, -0.05) is 5.16 Å². The van der Waals surface area contributed by atoms with Crippen molar-refractivity contribution in [3.63, 3.8) is 0 Å². The van der Waals surface area contributed by atoms with Crippen molar-refractivity contribution < 1.29 is 28.3 Å². The van der Waals surface area contributed by atoms with Gasteiger partial charge in [0, 0.05) is 17.8 Å². The van der Waals surface area contributed by atoms with Crippen LogP contribution in [0.3, 0.4) is 0 Å². The SMILES string of the molecule is Cc1cc(C(=O)O[C@H](C)C(=O)Nc2ccc3c(c2)OCO3)on1. The molecule has 0 radical (unpaired) electrons. The monoisotopic (exact) mass is 318 g/mol. The number of rotatable bonds is 4. The maximum Gasteiger partial charge on any atom is 0.377 e. The number of anilines is 1. The number of nitrogens with zero attached hydrogens (tertiary/aromatic N) is 1. The summed E-state index contributed by atoms with van der Waals surface area (Å²) in [6.07, 6.45) is -1.00. The molecule has 120 valence electrons. The van der Waals surface area contributed by atoms with Crippen molar-refractivity contribution in [3.8, 4) is 11.5 Å². The maximum absolute atomic E-state index is 12.1. The van der Waals surface area contributed by atoms with Crippen LogP contribution in [0.2, 0.25) is 0 Å². The fourth-order valence-electron chi connectivity index (χ4n) is 1.95. The summed E-state index contributed by atoms with van der Waals surface area (Å²) >= 11 is 0. The summed E-state index contributed by atoms with van der Waals surface area (Å²) in [5, 5.41) is 6.22. The zero-order chi connectivity index (χ0) is 16.4. The molecule has 2 heterocycles. The number of hydrogen-bond donors (Lipinski definition) is 1. The van der Waals surface area contributed by atoms with Gasteiger partial charge in [-0.2, -0.15) is 0 Å². The third kappa shape index (κ3) is 3.25. The molecule has 3 rings (SSSR count). The fourth-order valence-corrected chi connectivity index (χ4v) is 1.95. The molecule has 0 spiro atoms. The lowest BCUT2D eigenvalue weighted by molar-refractivity contribution is -0.123. The lowest BCUT2D eigenvalue weighted by Gasteiger charge is -2.12. The molecule has 0 bridgehead atoms. The van der Waals surface area contributed by atoms with Crippen LogP contribution in [-0.2, 0) is 9.53 Å². The number of aryl methyl sites for hydroxylation is 1. The second kappa shape index (κ2) is 5.99. The number of carbonyl (C=O) groups is 2. The second-order valence-electron chi connectivity index (χ2n) is 4.94. The standard InChI is InChI=1S/C15H14N2O6/c1-8-5-13(23-17-8)15(19)22-9(2)14(18)16-10-3-4-11-12(6-10)21-7-20-11/h3-6,9H,7H2,1-2H3,(H,16,18)/t9-/m1/s1. The Bertz CT molecular complexity index is 754. The van der Waals surface area contributed by atoms with Crippen molar-refractivity contribution in [2.75, 3.05) is 12.1 Å². The molecule has 1 aromatic carbocycles. The predicted octanol–water partition coefficient (Wildman–Crippen LogP) is 1.90. The molecule has 8 nitrogen and oxygen atoms in total. The third-order valence-electron chi connectivity index (χ3n) is 3.12. The number of fused-ring (bicyclic) bond motifs is 1. The highest BCUT2D eigenvalue weighted by Gasteiger charge is 2.22. The summed E-state index contributed by atoms with van der Waals surface area (Å²) < 4.78 is 20.2. The minimum Gasteiger partial charge on any atom is -0.454 e. The van der Waals surface area contributed by atoms with Crippen LogP contribution in [0.4, 0.5) is 5.69 Å². The number of amides is 1. The van der Waals surface area contributed by atoms with Crippen LogP contribution in [0.1, 0.15) is 23.2 Å². The minimum atomic E-state index is -1.00. The molecule has 1 aromatic heterocycles. The molecule has 0 saturated heterocycles. The molecule has 0 aliphatic carbocycles. The van der Waals surface area contributed by atoms with Gasteiger partial charge in [0.2, 0.25) is 12.6 Å². The van der Waals surface area contributed by atoms with Crippen molar-refractivity contribution in [3.05, 3.63) is 35.7 Å². The molecule has 23 heavy (non-hydrogen) atoms. The first-order chi connectivity index (χ1) is 11.0. The number of carbonyl (C=O) groups excluding carboxylic acids is 2. The van der Waals surface area contributed by atoms with E-state index in [0.717, 1.165) is 0 Å². The van der Waals surface area contributed by atoms with Crippen molar-refractivity contribution in [1.82, 2.24) is 5.16 Å². The predicted molar refractivity (Wildman–Crippen MR) is 77.3 cm³/mol. The molecule has 1 aliphatic heterocycles. The highest BCUT2D eigenvalue weighted by Crippen LogP contribution is 2.34. The Kier molecular flexibility index (Phi) is 3.88.